The van der Waals surface area contributed by atoms with Crippen LogP contribution in [0.5, 0.6) is 0 Å². The molecule has 3 heteroatoms. The summed E-state index contributed by atoms with van der Waals surface area (Å²) >= 11 is 0. The van der Waals surface area contributed by atoms with Crippen LogP contribution in [0.4, 0.5) is 0 Å². The third-order valence-electron chi connectivity index (χ3n) is 3.81. The quantitative estimate of drug-likeness (QED) is 0.851. The summed E-state index contributed by atoms with van der Waals surface area (Å²) in [7, 11) is 0. The molecule has 0 aromatic heterocycles. The topological polar surface area (TPSA) is 60.4 Å². The van der Waals surface area contributed by atoms with E-state index >= 15 is 0 Å². The molecule has 0 radical (unpaired) electrons. The summed E-state index contributed by atoms with van der Waals surface area (Å²) in [4.78, 5) is 11.4. The molecule has 92 valence electrons. The van der Waals surface area contributed by atoms with Gasteiger partial charge >= 0.3 is 0 Å². The SMILES string of the molecule is Cc1ccccc1C(O)(C(=O)[O-])C1CCCC1. The second-order valence-corrected chi connectivity index (χ2v) is 4.85. The van der Waals surface area contributed by atoms with Gasteiger partial charge in [-0.1, -0.05) is 37.1 Å². The summed E-state index contributed by atoms with van der Waals surface area (Å²) in [5.41, 5.74) is -0.556. The summed E-state index contributed by atoms with van der Waals surface area (Å²) in [6, 6.07) is 7.09. The van der Waals surface area contributed by atoms with Crippen LogP contribution in [-0.2, 0) is 10.4 Å². The summed E-state index contributed by atoms with van der Waals surface area (Å²) in [5.74, 6) is -1.60. The van der Waals surface area contributed by atoms with Gasteiger partial charge in [-0.15, -0.1) is 0 Å². The van der Waals surface area contributed by atoms with E-state index in [0.29, 0.717) is 5.56 Å². The molecule has 0 aliphatic heterocycles. The van der Waals surface area contributed by atoms with Gasteiger partial charge in [-0.2, -0.15) is 0 Å². The van der Waals surface area contributed by atoms with Gasteiger partial charge in [0.1, 0.15) is 5.60 Å². The van der Waals surface area contributed by atoms with Crippen molar-refractivity contribution in [2.24, 2.45) is 5.92 Å². The van der Waals surface area contributed by atoms with Crippen molar-refractivity contribution in [1.82, 2.24) is 0 Å². The van der Waals surface area contributed by atoms with Crippen molar-refractivity contribution in [3.8, 4) is 0 Å². The summed E-state index contributed by atoms with van der Waals surface area (Å²) in [5, 5.41) is 22.0. The Morgan fingerprint density at radius 1 is 1.35 bits per heavy atom. The van der Waals surface area contributed by atoms with Crippen LogP contribution < -0.4 is 5.11 Å². The van der Waals surface area contributed by atoms with E-state index in [-0.39, 0.29) is 5.92 Å². The lowest BCUT2D eigenvalue weighted by Gasteiger charge is -2.36. The fourth-order valence-corrected chi connectivity index (χ4v) is 2.84. The summed E-state index contributed by atoms with van der Waals surface area (Å²) in [6.45, 7) is 1.82. The minimum absolute atomic E-state index is 0.228. The van der Waals surface area contributed by atoms with Crippen LogP contribution in [0.15, 0.2) is 24.3 Å². The van der Waals surface area contributed by atoms with Crippen molar-refractivity contribution < 1.29 is 15.0 Å². The molecule has 0 bridgehead atoms. The Morgan fingerprint density at radius 3 is 2.47 bits per heavy atom. The van der Waals surface area contributed by atoms with Crippen molar-refractivity contribution >= 4 is 5.97 Å². The van der Waals surface area contributed by atoms with Crippen molar-refractivity contribution in [2.75, 3.05) is 0 Å². The zero-order chi connectivity index (χ0) is 12.5. The Morgan fingerprint density at radius 2 is 1.94 bits per heavy atom. The van der Waals surface area contributed by atoms with Gasteiger partial charge in [0.05, 0.1) is 5.97 Å². The van der Waals surface area contributed by atoms with Crippen LogP contribution in [0.2, 0.25) is 0 Å². The van der Waals surface area contributed by atoms with E-state index in [1.165, 1.54) is 0 Å². The lowest BCUT2D eigenvalue weighted by Crippen LogP contribution is -2.50. The van der Waals surface area contributed by atoms with E-state index in [1.807, 2.05) is 19.1 Å². The second kappa shape index (κ2) is 4.49. The molecule has 1 aromatic rings. The number of aliphatic carboxylic acids is 1. The Bertz CT molecular complexity index is 421. The van der Waals surface area contributed by atoms with Crippen molar-refractivity contribution in [3.63, 3.8) is 0 Å². The molecule has 17 heavy (non-hydrogen) atoms. The largest absolute Gasteiger partial charge is 0.547 e. The Labute approximate surface area is 101 Å². The van der Waals surface area contributed by atoms with Gasteiger partial charge in [0, 0.05) is 0 Å². The van der Waals surface area contributed by atoms with Crippen LogP contribution in [0.1, 0.15) is 36.8 Å². The normalized spacial score (nSPS) is 20.1. The Hall–Kier alpha value is -1.35. The van der Waals surface area contributed by atoms with Gasteiger partial charge < -0.3 is 15.0 Å². The lowest BCUT2D eigenvalue weighted by molar-refractivity contribution is -0.330. The molecule has 2 rings (SSSR count). The molecular weight excluding hydrogens is 216 g/mol. The zero-order valence-corrected chi connectivity index (χ0v) is 9.98. The smallest absolute Gasteiger partial charge is 0.132 e. The molecule has 3 nitrogen and oxygen atoms in total. The molecular formula is C14H17O3-. The van der Waals surface area contributed by atoms with Crippen LogP contribution in [-0.4, -0.2) is 11.1 Å². The van der Waals surface area contributed by atoms with Crippen LogP contribution >= 0.6 is 0 Å². The predicted octanol–water partition coefficient (Wildman–Crippen LogP) is 1.12. The maximum absolute atomic E-state index is 11.4. The van der Waals surface area contributed by atoms with Crippen molar-refractivity contribution in [3.05, 3.63) is 35.4 Å². The average molecular weight is 233 g/mol. The number of aliphatic hydroxyl groups is 1. The first-order valence-electron chi connectivity index (χ1n) is 6.06. The summed E-state index contributed by atoms with van der Waals surface area (Å²) < 4.78 is 0. The Kier molecular flexibility index (Phi) is 3.20. The van der Waals surface area contributed by atoms with Gasteiger partial charge in [0.2, 0.25) is 0 Å². The molecule has 1 aromatic carbocycles. The number of hydrogen-bond donors (Lipinski definition) is 1. The molecule has 0 heterocycles. The first-order valence-corrected chi connectivity index (χ1v) is 6.06. The van der Waals surface area contributed by atoms with E-state index < -0.39 is 11.6 Å². The molecule has 1 aliphatic carbocycles. The molecule has 0 saturated heterocycles. The van der Waals surface area contributed by atoms with Crippen molar-refractivity contribution in [1.29, 1.82) is 0 Å². The zero-order valence-electron chi connectivity index (χ0n) is 9.98. The van der Waals surface area contributed by atoms with Gasteiger partial charge in [0.15, 0.2) is 0 Å². The number of carbonyl (C=O) groups is 1. The van der Waals surface area contributed by atoms with E-state index in [2.05, 4.69) is 0 Å². The molecule has 1 atom stereocenters. The third-order valence-corrected chi connectivity index (χ3v) is 3.81. The number of rotatable bonds is 3. The number of carboxylic acids is 1. The molecule has 0 amide bonds. The number of hydrogen-bond acceptors (Lipinski definition) is 3. The van der Waals surface area contributed by atoms with E-state index in [4.69, 9.17) is 0 Å². The van der Waals surface area contributed by atoms with Crippen LogP contribution in [0, 0.1) is 12.8 Å². The first kappa shape index (κ1) is 12.1. The van der Waals surface area contributed by atoms with Gasteiger partial charge in [0.25, 0.3) is 0 Å². The third kappa shape index (κ3) is 1.95. The maximum atomic E-state index is 11.4. The maximum Gasteiger partial charge on any atom is 0.132 e. The highest BCUT2D eigenvalue weighted by Crippen LogP contribution is 2.41. The van der Waals surface area contributed by atoms with Crippen molar-refractivity contribution in [2.45, 2.75) is 38.2 Å². The minimum atomic E-state index is -1.83. The van der Waals surface area contributed by atoms with Crippen LogP contribution in [0.3, 0.4) is 0 Å². The molecule has 0 spiro atoms. The minimum Gasteiger partial charge on any atom is -0.547 e. The fraction of sp³-hybridized carbons (Fsp3) is 0.500. The van der Waals surface area contributed by atoms with Gasteiger partial charge in [-0.3, -0.25) is 0 Å². The van der Waals surface area contributed by atoms with E-state index in [1.54, 1.807) is 12.1 Å². The number of carboxylic acid groups (broad SMARTS) is 1. The monoisotopic (exact) mass is 233 g/mol. The molecule has 1 unspecified atom stereocenters. The first-order chi connectivity index (χ1) is 8.06. The highest BCUT2D eigenvalue weighted by atomic mass is 16.4. The second-order valence-electron chi connectivity index (χ2n) is 4.85. The number of benzene rings is 1. The highest BCUT2D eigenvalue weighted by Gasteiger charge is 2.42. The molecule has 1 fully saturated rings. The predicted molar refractivity (Wildman–Crippen MR) is 62.0 cm³/mol. The highest BCUT2D eigenvalue weighted by molar-refractivity contribution is 5.78. The molecule has 1 aliphatic rings. The van der Waals surface area contributed by atoms with Gasteiger partial charge in [-0.25, -0.2) is 0 Å². The van der Waals surface area contributed by atoms with E-state index in [0.717, 1.165) is 31.2 Å². The fourth-order valence-electron chi connectivity index (χ4n) is 2.84. The number of carbonyl (C=O) groups excluding carboxylic acids is 1. The van der Waals surface area contributed by atoms with Gasteiger partial charge in [-0.05, 0) is 36.8 Å². The lowest BCUT2D eigenvalue weighted by atomic mass is 9.78. The molecule has 1 saturated carbocycles. The number of aryl methyl sites for hydroxylation is 1. The van der Waals surface area contributed by atoms with E-state index in [9.17, 15) is 15.0 Å². The Balaban J connectivity index is 2.47. The van der Waals surface area contributed by atoms with Crippen LogP contribution in [0.25, 0.3) is 0 Å². The average Bonchev–Trinajstić information content (AvgIpc) is 2.82. The summed E-state index contributed by atoms with van der Waals surface area (Å²) in [6.07, 6.45) is 3.45. The molecule has 1 N–H and O–H groups in total. The standard InChI is InChI=1S/C14H18O3/c1-10-6-2-5-9-12(10)14(17,13(15)16)11-7-3-4-8-11/h2,5-6,9,11,17H,3-4,7-8H2,1H3,(H,15,16)/p-1.